The molecule has 3 aromatic rings. The predicted octanol–water partition coefficient (Wildman–Crippen LogP) is 9.38. The standard InChI is InChI=1S/C19H28O4.C18H26O4.C18H24O4/c1-12-14(20-6)16-17(23-19(4,5)22-16)15(12)21-18(2,3)13-10-8-7-9-11-13;2*1-11-13(19)15-16(22-18(4,5)21-15)14(11)20-17(2,3)12-9-7-6-8-10-12/h7-12,14-17H,1-6H3;6-11,13-16,19H,1-5H3;6-11,14-16H,1-5H3. The Bertz CT molecular complexity index is 2100. The summed E-state index contributed by atoms with van der Waals surface area (Å²) in [6, 6.07) is 30.5. The van der Waals surface area contributed by atoms with Crippen molar-refractivity contribution >= 4 is 5.78 Å². The number of carbonyl (C=O) groups excluding carboxylic acids is 1. The number of ether oxygens (including phenoxy) is 10. The average molecular weight is 931 g/mol. The maximum Gasteiger partial charge on any atom is 0.169 e. The van der Waals surface area contributed by atoms with E-state index in [0.717, 1.165) is 16.7 Å². The van der Waals surface area contributed by atoms with E-state index in [1.807, 2.05) is 136 Å². The van der Waals surface area contributed by atoms with Crippen LogP contribution in [0.5, 0.6) is 0 Å². The van der Waals surface area contributed by atoms with E-state index in [1.165, 1.54) is 0 Å². The molecular formula is C55H78O12. The third-order valence-electron chi connectivity index (χ3n) is 14.4. The Kier molecular flexibility index (Phi) is 14.9. The van der Waals surface area contributed by atoms with Gasteiger partial charge in [-0.05, 0) is 99.8 Å². The minimum Gasteiger partial charge on any atom is -0.390 e. The molecule has 6 aliphatic rings. The van der Waals surface area contributed by atoms with Gasteiger partial charge in [0.2, 0.25) is 0 Å². The second-order valence-electron chi connectivity index (χ2n) is 22.1. The number of hydrogen-bond donors (Lipinski definition) is 1. The van der Waals surface area contributed by atoms with E-state index in [4.69, 9.17) is 47.4 Å². The first-order chi connectivity index (χ1) is 31.2. The third kappa shape index (κ3) is 11.0. The second-order valence-corrected chi connectivity index (χ2v) is 22.1. The molecule has 0 amide bonds. The fourth-order valence-electron chi connectivity index (χ4n) is 10.8. The molecule has 12 nitrogen and oxygen atoms in total. The molecule has 0 spiro atoms. The minimum atomic E-state index is -0.733. The fraction of sp³-hybridized carbons (Fsp3) is 0.655. The molecule has 1 N–H and O–H groups in total. The smallest absolute Gasteiger partial charge is 0.169 e. The second kappa shape index (κ2) is 19.2. The van der Waals surface area contributed by atoms with Crippen LogP contribution in [0.1, 0.15) is 121 Å². The molecule has 0 bridgehead atoms. The molecule has 14 atom stereocenters. The Labute approximate surface area is 399 Å². The molecule has 3 aliphatic carbocycles. The van der Waals surface area contributed by atoms with Crippen molar-refractivity contribution in [3.63, 3.8) is 0 Å². The number of rotatable bonds is 10. The maximum absolute atomic E-state index is 12.4. The zero-order valence-electron chi connectivity index (χ0n) is 42.7. The Morgan fingerprint density at radius 3 is 1.21 bits per heavy atom. The number of ketones is 1. The van der Waals surface area contributed by atoms with E-state index in [0.29, 0.717) is 0 Å². The van der Waals surface area contributed by atoms with E-state index in [9.17, 15) is 9.90 Å². The largest absolute Gasteiger partial charge is 0.390 e. The van der Waals surface area contributed by atoms with Crippen LogP contribution in [0.3, 0.4) is 0 Å². The SMILES string of the molecule is CC1C(=O)C2OC(C)(C)OC2C1OC(C)(C)c1ccccc1.CC1C(O)C2OC(C)(C)OC2C1OC(C)(C)c1ccccc1.COC1C(C)C(OC(C)(C)c2ccccc2)C2OC(C)(C)OC12. The summed E-state index contributed by atoms with van der Waals surface area (Å²) in [5.41, 5.74) is 2.00. The highest BCUT2D eigenvalue weighted by molar-refractivity contribution is 5.89. The molecule has 9 rings (SSSR count). The van der Waals surface area contributed by atoms with Crippen molar-refractivity contribution in [2.24, 2.45) is 17.8 Å². The first-order valence-electron chi connectivity index (χ1n) is 24.2. The number of hydrogen-bond acceptors (Lipinski definition) is 12. The van der Waals surface area contributed by atoms with Gasteiger partial charge in [-0.15, -0.1) is 0 Å². The van der Waals surface area contributed by atoms with E-state index >= 15 is 0 Å². The van der Waals surface area contributed by atoms with Gasteiger partial charge in [0.05, 0.1) is 47.3 Å². The van der Waals surface area contributed by atoms with E-state index in [1.54, 1.807) is 7.11 Å². The normalized spacial score (nSPS) is 35.8. The topological polar surface area (TPSA) is 130 Å². The first kappa shape index (κ1) is 51.7. The number of aliphatic hydroxyl groups is 1. The van der Waals surface area contributed by atoms with Gasteiger partial charge in [0.25, 0.3) is 0 Å². The molecule has 370 valence electrons. The molecular weight excluding hydrogens is 853 g/mol. The van der Waals surface area contributed by atoms with Crippen LogP contribution in [0.25, 0.3) is 0 Å². The van der Waals surface area contributed by atoms with Crippen molar-refractivity contribution < 1.29 is 57.3 Å². The highest BCUT2D eigenvalue weighted by Crippen LogP contribution is 2.48. The summed E-state index contributed by atoms with van der Waals surface area (Å²) in [5.74, 6) is -1.98. The zero-order chi connectivity index (χ0) is 49.1. The van der Waals surface area contributed by atoms with E-state index in [-0.39, 0.29) is 78.5 Å². The van der Waals surface area contributed by atoms with Gasteiger partial charge in [-0.25, -0.2) is 0 Å². The molecule has 0 aromatic heterocycles. The third-order valence-corrected chi connectivity index (χ3v) is 14.4. The molecule has 3 aliphatic heterocycles. The van der Waals surface area contributed by atoms with Crippen LogP contribution in [0.2, 0.25) is 0 Å². The lowest BCUT2D eigenvalue weighted by Crippen LogP contribution is -2.39. The van der Waals surface area contributed by atoms with Crippen LogP contribution in [0, 0.1) is 17.8 Å². The summed E-state index contributed by atoms with van der Waals surface area (Å²) in [4.78, 5) is 12.4. The summed E-state index contributed by atoms with van der Waals surface area (Å²) in [5, 5.41) is 10.5. The molecule has 3 saturated carbocycles. The Morgan fingerprint density at radius 2 is 0.791 bits per heavy atom. The average Bonchev–Trinajstić information content (AvgIpc) is 4.04. The molecule has 12 heteroatoms. The van der Waals surface area contributed by atoms with Gasteiger partial charge in [0.15, 0.2) is 23.1 Å². The van der Waals surface area contributed by atoms with Crippen LogP contribution in [0.4, 0.5) is 0 Å². The van der Waals surface area contributed by atoms with Crippen molar-refractivity contribution in [2.75, 3.05) is 7.11 Å². The van der Waals surface area contributed by atoms with Crippen LogP contribution in [-0.4, -0.2) is 103 Å². The van der Waals surface area contributed by atoms with Crippen molar-refractivity contribution in [3.8, 4) is 0 Å². The highest BCUT2D eigenvalue weighted by Gasteiger charge is 2.61. The molecule has 6 fully saturated rings. The Hall–Kier alpha value is -3.11. The number of aliphatic hydroxyl groups excluding tert-OH is 1. The lowest BCUT2D eigenvalue weighted by atomic mass is 9.96. The van der Waals surface area contributed by atoms with Crippen molar-refractivity contribution in [1.82, 2.24) is 0 Å². The number of Topliss-reactive ketones (excluding diaryl/α,β-unsaturated/α-hetero) is 1. The van der Waals surface area contributed by atoms with Gasteiger partial charge in [-0.1, -0.05) is 112 Å². The minimum absolute atomic E-state index is 0.0154. The maximum atomic E-state index is 12.4. The van der Waals surface area contributed by atoms with Crippen molar-refractivity contribution in [2.45, 2.75) is 205 Å². The van der Waals surface area contributed by atoms with Gasteiger partial charge in [-0.3, -0.25) is 4.79 Å². The lowest BCUT2D eigenvalue weighted by molar-refractivity contribution is -0.201. The Morgan fingerprint density at radius 1 is 0.463 bits per heavy atom. The monoisotopic (exact) mass is 931 g/mol. The molecule has 0 radical (unpaired) electrons. The van der Waals surface area contributed by atoms with Gasteiger partial charge >= 0.3 is 0 Å². The summed E-state index contributed by atoms with van der Waals surface area (Å²) in [6.07, 6.45) is -2.73. The zero-order valence-corrected chi connectivity index (χ0v) is 42.7. The first-order valence-corrected chi connectivity index (χ1v) is 24.2. The van der Waals surface area contributed by atoms with Crippen LogP contribution in [-0.2, 0) is 69.0 Å². The number of fused-ring (bicyclic) bond motifs is 3. The van der Waals surface area contributed by atoms with Crippen molar-refractivity contribution in [1.29, 1.82) is 0 Å². The lowest BCUT2D eigenvalue weighted by Gasteiger charge is -2.34. The molecule has 14 unspecified atom stereocenters. The van der Waals surface area contributed by atoms with Crippen molar-refractivity contribution in [3.05, 3.63) is 108 Å². The van der Waals surface area contributed by atoms with Crippen LogP contribution < -0.4 is 0 Å². The quantitative estimate of drug-likeness (QED) is 0.208. The van der Waals surface area contributed by atoms with E-state index < -0.39 is 46.4 Å². The molecule has 67 heavy (non-hydrogen) atoms. The summed E-state index contributed by atoms with van der Waals surface area (Å²) in [7, 11) is 1.73. The summed E-state index contributed by atoms with van der Waals surface area (Å²) in [6.45, 7) is 29.7. The Balaban J connectivity index is 0.000000149. The van der Waals surface area contributed by atoms with Crippen LogP contribution in [0.15, 0.2) is 91.0 Å². The molecule has 3 heterocycles. The summed E-state index contributed by atoms with van der Waals surface area (Å²) >= 11 is 0. The summed E-state index contributed by atoms with van der Waals surface area (Å²) < 4.78 is 60.8. The predicted molar refractivity (Wildman–Crippen MR) is 254 cm³/mol. The number of carbonyl (C=O) groups is 1. The van der Waals surface area contributed by atoms with Gasteiger partial charge in [0, 0.05) is 24.9 Å². The number of benzene rings is 3. The molecule has 3 saturated heterocycles. The van der Waals surface area contributed by atoms with Gasteiger partial charge in [-0.2, -0.15) is 0 Å². The van der Waals surface area contributed by atoms with E-state index in [2.05, 4.69) is 58.9 Å². The highest BCUT2D eigenvalue weighted by atomic mass is 16.8. The van der Waals surface area contributed by atoms with Crippen LogP contribution >= 0.6 is 0 Å². The van der Waals surface area contributed by atoms with Gasteiger partial charge < -0.3 is 52.5 Å². The van der Waals surface area contributed by atoms with Gasteiger partial charge in [0.1, 0.15) is 36.6 Å². The number of methoxy groups -OCH3 is 1. The molecule has 3 aromatic carbocycles. The fourth-order valence-corrected chi connectivity index (χ4v) is 10.8.